The van der Waals surface area contributed by atoms with Gasteiger partial charge in [-0.3, -0.25) is 0 Å². The molecule has 0 amide bonds. The standard InChI is InChI=1S/C19H15ClFN5OS.C2H6/c1-11-3-5-13(6-4-11)28(27)26-10-15(14-7-12(20)8-24-19(14)26)17-23-9-16(21)18(22-2)25-17;1-2/h3-10H,1-2H3,(H,22,23,25);1-2H3. The third kappa shape index (κ3) is 4.20. The number of hydrogen-bond donors (Lipinski definition) is 1. The van der Waals surface area contributed by atoms with Crippen LogP contribution in [0, 0.1) is 12.7 Å². The molecule has 156 valence electrons. The number of nitrogens with one attached hydrogen (secondary N) is 1. The van der Waals surface area contributed by atoms with E-state index in [0.717, 1.165) is 11.8 Å². The van der Waals surface area contributed by atoms with Crippen molar-refractivity contribution in [3.8, 4) is 11.4 Å². The van der Waals surface area contributed by atoms with Crippen molar-refractivity contribution >= 4 is 39.4 Å². The third-order valence-corrected chi connectivity index (χ3v) is 5.72. The first-order chi connectivity index (χ1) is 14.5. The molecular weight excluding hydrogens is 425 g/mol. The summed E-state index contributed by atoms with van der Waals surface area (Å²) in [5, 5.41) is 3.74. The number of aromatic nitrogens is 4. The Morgan fingerprint density at radius 2 is 1.83 bits per heavy atom. The van der Waals surface area contributed by atoms with Crippen molar-refractivity contribution in [1.29, 1.82) is 0 Å². The molecule has 1 aromatic carbocycles. The molecular formula is C21H21ClFN5OS. The molecule has 4 aromatic rings. The topological polar surface area (TPSA) is 72.7 Å². The number of halogens is 2. The van der Waals surface area contributed by atoms with E-state index in [2.05, 4.69) is 20.3 Å². The zero-order valence-corrected chi connectivity index (χ0v) is 18.6. The number of benzene rings is 1. The fraction of sp³-hybridized carbons (Fsp3) is 0.190. The summed E-state index contributed by atoms with van der Waals surface area (Å²) in [6, 6.07) is 9.10. The SMILES string of the molecule is CC.CNc1nc(-c2cn(S(=O)c3ccc(C)cc3)c3ncc(Cl)cc23)ncc1F. The van der Waals surface area contributed by atoms with Crippen LogP contribution in [0.5, 0.6) is 0 Å². The van der Waals surface area contributed by atoms with Crippen molar-refractivity contribution in [2.24, 2.45) is 0 Å². The summed E-state index contributed by atoms with van der Waals surface area (Å²) in [6.07, 6.45) is 4.23. The highest BCUT2D eigenvalue weighted by Gasteiger charge is 2.19. The summed E-state index contributed by atoms with van der Waals surface area (Å²) in [5.41, 5.74) is 2.10. The van der Waals surface area contributed by atoms with Crippen molar-refractivity contribution in [2.75, 3.05) is 12.4 Å². The molecule has 0 aliphatic rings. The number of hydrogen-bond acceptors (Lipinski definition) is 5. The van der Waals surface area contributed by atoms with Crippen molar-refractivity contribution in [3.63, 3.8) is 0 Å². The summed E-state index contributed by atoms with van der Waals surface area (Å²) >= 11 is 6.12. The number of nitrogens with zero attached hydrogens (tertiary/aromatic N) is 4. The Balaban J connectivity index is 0.00000124. The molecule has 0 aliphatic carbocycles. The molecule has 0 fully saturated rings. The van der Waals surface area contributed by atoms with Crippen LogP contribution < -0.4 is 5.32 Å². The second kappa shape index (κ2) is 9.32. The van der Waals surface area contributed by atoms with Crippen LogP contribution in [0.3, 0.4) is 0 Å². The zero-order chi connectivity index (χ0) is 21.8. The van der Waals surface area contributed by atoms with Crippen molar-refractivity contribution < 1.29 is 8.60 Å². The number of aryl methyl sites for hydroxylation is 1. The van der Waals surface area contributed by atoms with Gasteiger partial charge in [0.1, 0.15) is 0 Å². The number of fused-ring (bicyclic) bond motifs is 1. The smallest absolute Gasteiger partial charge is 0.183 e. The Morgan fingerprint density at radius 3 is 2.50 bits per heavy atom. The largest absolute Gasteiger partial charge is 0.371 e. The molecule has 4 rings (SSSR count). The molecule has 3 aromatic heterocycles. The van der Waals surface area contributed by atoms with Gasteiger partial charge in [0.2, 0.25) is 0 Å². The van der Waals surface area contributed by atoms with E-state index in [1.807, 2.05) is 32.9 Å². The van der Waals surface area contributed by atoms with Gasteiger partial charge < -0.3 is 5.32 Å². The maximum atomic E-state index is 13.8. The molecule has 0 aliphatic heterocycles. The Morgan fingerprint density at radius 1 is 1.13 bits per heavy atom. The zero-order valence-electron chi connectivity index (χ0n) is 17.0. The minimum atomic E-state index is -1.53. The minimum Gasteiger partial charge on any atom is -0.371 e. The average molecular weight is 446 g/mol. The minimum absolute atomic E-state index is 0.0699. The van der Waals surface area contributed by atoms with E-state index < -0.39 is 16.8 Å². The van der Waals surface area contributed by atoms with Gasteiger partial charge in [0.25, 0.3) is 0 Å². The van der Waals surface area contributed by atoms with Crippen LogP contribution in [0.4, 0.5) is 10.2 Å². The molecule has 0 bridgehead atoms. The Labute approximate surface area is 181 Å². The summed E-state index contributed by atoms with van der Waals surface area (Å²) < 4.78 is 28.5. The van der Waals surface area contributed by atoms with Crippen LogP contribution >= 0.6 is 11.6 Å². The van der Waals surface area contributed by atoms with Crippen molar-refractivity contribution in [2.45, 2.75) is 25.7 Å². The number of anilines is 1. The first-order valence-corrected chi connectivity index (χ1v) is 10.8. The highest BCUT2D eigenvalue weighted by Crippen LogP contribution is 2.31. The third-order valence-electron chi connectivity index (χ3n) is 4.20. The van der Waals surface area contributed by atoms with E-state index in [9.17, 15) is 8.60 Å². The molecule has 6 nitrogen and oxygen atoms in total. The van der Waals surface area contributed by atoms with Gasteiger partial charge >= 0.3 is 0 Å². The normalized spacial score (nSPS) is 11.7. The molecule has 1 unspecified atom stereocenters. The van der Waals surface area contributed by atoms with E-state index in [0.29, 0.717) is 26.5 Å². The number of rotatable bonds is 4. The van der Waals surface area contributed by atoms with Crippen LogP contribution in [0.25, 0.3) is 22.4 Å². The van der Waals surface area contributed by atoms with Crippen LogP contribution in [-0.4, -0.2) is 30.2 Å². The van der Waals surface area contributed by atoms with E-state index in [1.165, 1.54) is 10.2 Å². The lowest BCUT2D eigenvalue weighted by Gasteiger charge is -2.05. The first kappa shape index (κ1) is 21.9. The lowest BCUT2D eigenvalue weighted by molar-refractivity contribution is 0.619. The summed E-state index contributed by atoms with van der Waals surface area (Å²) in [7, 11) is 0.0379. The fourth-order valence-electron chi connectivity index (χ4n) is 2.80. The van der Waals surface area contributed by atoms with Crippen molar-refractivity contribution in [1.82, 2.24) is 18.9 Å². The Kier molecular flexibility index (Phi) is 6.79. The number of pyridine rings is 1. The molecule has 1 atom stereocenters. The van der Waals surface area contributed by atoms with E-state index >= 15 is 0 Å². The van der Waals surface area contributed by atoms with Gasteiger partial charge in [-0.25, -0.2) is 27.5 Å². The van der Waals surface area contributed by atoms with Gasteiger partial charge in [0.05, 0.1) is 16.1 Å². The molecule has 9 heteroatoms. The van der Waals surface area contributed by atoms with E-state index in [1.54, 1.807) is 31.4 Å². The summed E-state index contributed by atoms with van der Waals surface area (Å²) in [4.78, 5) is 13.3. The molecule has 0 spiro atoms. The van der Waals surface area contributed by atoms with Gasteiger partial charge in [0, 0.05) is 30.4 Å². The van der Waals surface area contributed by atoms with Crippen LogP contribution in [-0.2, 0) is 11.0 Å². The maximum absolute atomic E-state index is 13.8. The molecule has 0 saturated carbocycles. The van der Waals surface area contributed by atoms with Crippen LogP contribution in [0.15, 0.2) is 53.8 Å². The lowest BCUT2D eigenvalue weighted by Crippen LogP contribution is -2.04. The van der Waals surface area contributed by atoms with Gasteiger partial charge in [-0.1, -0.05) is 43.1 Å². The second-order valence-electron chi connectivity index (χ2n) is 6.10. The highest BCUT2D eigenvalue weighted by molar-refractivity contribution is 7.83. The van der Waals surface area contributed by atoms with Gasteiger partial charge in [-0.2, -0.15) is 0 Å². The molecule has 0 radical (unpaired) electrons. The van der Waals surface area contributed by atoms with Gasteiger partial charge in [-0.05, 0) is 25.1 Å². The van der Waals surface area contributed by atoms with Gasteiger partial charge in [-0.15, -0.1) is 0 Å². The van der Waals surface area contributed by atoms with Crippen molar-refractivity contribution in [3.05, 3.63) is 65.3 Å². The second-order valence-corrected chi connectivity index (χ2v) is 7.90. The monoisotopic (exact) mass is 445 g/mol. The average Bonchev–Trinajstić information content (AvgIpc) is 3.14. The maximum Gasteiger partial charge on any atom is 0.183 e. The molecule has 30 heavy (non-hydrogen) atoms. The molecule has 1 N–H and O–H groups in total. The predicted molar refractivity (Wildman–Crippen MR) is 120 cm³/mol. The Hall–Kier alpha value is -2.84. The first-order valence-electron chi connectivity index (χ1n) is 9.34. The van der Waals surface area contributed by atoms with E-state index in [4.69, 9.17) is 11.6 Å². The fourth-order valence-corrected chi connectivity index (χ4v) is 4.06. The summed E-state index contributed by atoms with van der Waals surface area (Å²) in [5.74, 6) is -0.214. The van der Waals surface area contributed by atoms with Crippen LogP contribution in [0.1, 0.15) is 19.4 Å². The Bertz CT molecular complexity index is 1210. The predicted octanol–water partition coefficient (Wildman–Crippen LogP) is 5.23. The molecule has 0 saturated heterocycles. The van der Waals surface area contributed by atoms with Gasteiger partial charge in [0.15, 0.2) is 34.1 Å². The van der Waals surface area contributed by atoms with Crippen LogP contribution in [0.2, 0.25) is 5.02 Å². The lowest BCUT2D eigenvalue weighted by atomic mass is 10.2. The highest BCUT2D eigenvalue weighted by atomic mass is 35.5. The van der Waals surface area contributed by atoms with E-state index in [-0.39, 0.29) is 11.6 Å². The summed E-state index contributed by atoms with van der Waals surface area (Å²) in [6.45, 7) is 5.96. The molecule has 3 heterocycles. The quantitative estimate of drug-likeness (QED) is 0.465.